The van der Waals surface area contributed by atoms with Crippen LogP contribution in [0.1, 0.15) is 29.9 Å². The number of amides is 2. The van der Waals surface area contributed by atoms with E-state index in [-0.39, 0.29) is 11.8 Å². The van der Waals surface area contributed by atoms with Crippen LogP contribution in [0.25, 0.3) is 0 Å². The van der Waals surface area contributed by atoms with Crippen molar-refractivity contribution in [2.45, 2.75) is 31.3 Å². The summed E-state index contributed by atoms with van der Waals surface area (Å²) in [5.41, 5.74) is 2.00. The molecule has 2 aromatic carbocycles. The number of hydrogen-bond donors (Lipinski definition) is 2. The Labute approximate surface area is 147 Å². The Morgan fingerprint density at radius 3 is 2.32 bits per heavy atom. The van der Waals surface area contributed by atoms with Crippen molar-refractivity contribution in [1.29, 1.82) is 0 Å². The molecule has 2 N–H and O–H groups in total. The number of likely N-dealkylation sites (tertiary alicyclic amines) is 1. The quantitative estimate of drug-likeness (QED) is 0.899. The molecule has 0 bridgehead atoms. The fraction of sp³-hybridized carbons (Fsp3) is 0.300. The standard InChI is InChI=1S/C20H22N2O3/c23-19(21-14-15-8-3-1-4-9-15)18-17(16-10-5-2-6-11-16)12-7-13-22(18)20(24)25/h1-6,8-11,17-18H,7,12-14H2,(H,21,23)(H,24,25). The first kappa shape index (κ1) is 17.0. The van der Waals surface area contributed by atoms with Gasteiger partial charge in [0.15, 0.2) is 0 Å². The smallest absolute Gasteiger partial charge is 0.408 e. The van der Waals surface area contributed by atoms with Crippen molar-refractivity contribution in [3.8, 4) is 0 Å². The summed E-state index contributed by atoms with van der Waals surface area (Å²) in [6.07, 6.45) is 0.520. The van der Waals surface area contributed by atoms with Gasteiger partial charge in [-0.05, 0) is 24.0 Å². The molecule has 0 radical (unpaired) electrons. The van der Waals surface area contributed by atoms with Crippen LogP contribution in [0.15, 0.2) is 60.7 Å². The van der Waals surface area contributed by atoms with Crippen LogP contribution in [-0.4, -0.2) is 34.6 Å². The molecule has 2 aromatic rings. The second-order valence-corrected chi connectivity index (χ2v) is 6.28. The molecule has 25 heavy (non-hydrogen) atoms. The number of nitrogens with zero attached hydrogens (tertiary/aromatic N) is 1. The molecule has 5 heteroatoms. The lowest BCUT2D eigenvalue weighted by molar-refractivity contribution is -0.127. The molecular formula is C20H22N2O3. The van der Waals surface area contributed by atoms with Gasteiger partial charge >= 0.3 is 6.09 Å². The third-order valence-corrected chi connectivity index (χ3v) is 4.68. The van der Waals surface area contributed by atoms with Gasteiger partial charge in [-0.3, -0.25) is 9.69 Å². The van der Waals surface area contributed by atoms with Crippen LogP contribution >= 0.6 is 0 Å². The van der Waals surface area contributed by atoms with Gasteiger partial charge in [0.2, 0.25) is 5.91 Å². The van der Waals surface area contributed by atoms with Crippen LogP contribution in [-0.2, 0) is 11.3 Å². The predicted molar refractivity (Wildman–Crippen MR) is 95.2 cm³/mol. The van der Waals surface area contributed by atoms with Gasteiger partial charge in [-0.15, -0.1) is 0 Å². The van der Waals surface area contributed by atoms with Gasteiger partial charge < -0.3 is 10.4 Å². The number of benzene rings is 2. The van der Waals surface area contributed by atoms with Crippen molar-refractivity contribution in [3.63, 3.8) is 0 Å². The molecule has 1 saturated heterocycles. The van der Waals surface area contributed by atoms with Crippen molar-refractivity contribution < 1.29 is 14.7 Å². The van der Waals surface area contributed by atoms with Gasteiger partial charge in [0.25, 0.3) is 0 Å². The molecule has 2 atom stereocenters. The molecule has 2 amide bonds. The first-order chi connectivity index (χ1) is 12.2. The van der Waals surface area contributed by atoms with Crippen molar-refractivity contribution in [2.75, 3.05) is 6.54 Å². The lowest BCUT2D eigenvalue weighted by atomic mass is 9.83. The number of carboxylic acid groups (broad SMARTS) is 1. The zero-order valence-electron chi connectivity index (χ0n) is 14.0. The van der Waals surface area contributed by atoms with Gasteiger partial charge in [-0.2, -0.15) is 0 Å². The van der Waals surface area contributed by atoms with Crippen LogP contribution in [0.3, 0.4) is 0 Å². The highest BCUT2D eigenvalue weighted by Crippen LogP contribution is 2.33. The highest BCUT2D eigenvalue weighted by molar-refractivity contribution is 5.86. The van der Waals surface area contributed by atoms with E-state index in [9.17, 15) is 14.7 Å². The van der Waals surface area contributed by atoms with E-state index >= 15 is 0 Å². The summed E-state index contributed by atoms with van der Waals surface area (Å²) >= 11 is 0. The Morgan fingerprint density at radius 1 is 1.04 bits per heavy atom. The maximum absolute atomic E-state index is 12.9. The van der Waals surface area contributed by atoms with Crippen molar-refractivity contribution >= 4 is 12.0 Å². The zero-order chi connectivity index (χ0) is 17.6. The average Bonchev–Trinajstić information content (AvgIpc) is 2.67. The maximum atomic E-state index is 12.9. The van der Waals surface area contributed by atoms with E-state index in [1.807, 2.05) is 60.7 Å². The van der Waals surface area contributed by atoms with E-state index in [0.717, 1.165) is 24.0 Å². The topological polar surface area (TPSA) is 69.6 Å². The predicted octanol–water partition coefficient (Wildman–Crippen LogP) is 3.23. The SMILES string of the molecule is O=C(NCc1ccccc1)C1C(c2ccccc2)CCCN1C(=O)O. The number of rotatable bonds is 4. The minimum atomic E-state index is -1.04. The van der Waals surface area contributed by atoms with Crippen LogP contribution in [0, 0.1) is 0 Å². The Hall–Kier alpha value is -2.82. The number of piperidine rings is 1. The van der Waals surface area contributed by atoms with Crippen LogP contribution in [0.5, 0.6) is 0 Å². The largest absolute Gasteiger partial charge is 0.465 e. The van der Waals surface area contributed by atoms with Crippen LogP contribution in [0.4, 0.5) is 4.79 Å². The highest BCUT2D eigenvalue weighted by atomic mass is 16.4. The van der Waals surface area contributed by atoms with Gasteiger partial charge in [0.05, 0.1) is 0 Å². The summed E-state index contributed by atoms with van der Waals surface area (Å²) in [5, 5.41) is 12.5. The molecule has 0 spiro atoms. The third kappa shape index (κ3) is 3.99. The Kier molecular flexibility index (Phi) is 5.33. The molecule has 3 rings (SSSR count). The fourth-order valence-electron chi connectivity index (χ4n) is 3.47. The minimum Gasteiger partial charge on any atom is -0.465 e. The summed E-state index contributed by atoms with van der Waals surface area (Å²) < 4.78 is 0. The highest BCUT2D eigenvalue weighted by Gasteiger charge is 2.39. The van der Waals surface area contributed by atoms with Crippen LogP contribution in [0.2, 0.25) is 0 Å². The second kappa shape index (κ2) is 7.83. The van der Waals surface area contributed by atoms with Gasteiger partial charge in [0, 0.05) is 19.0 Å². The Balaban J connectivity index is 1.80. The monoisotopic (exact) mass is 338 g/mol. The first-order valence-electron chi connectivity index (χ1n) is 8.53. The maximum Gasteiger partial charge on any atom is 0.408 e. The van der Waals surface area contributed by atoms with Crippen molar-refractivity contribution in [1.82, 2.24) is 10.2 Å². The number of nitrogens with one attached hydrogen (secondary N) is 1. The Bertz CT molecular complexity index is 718. The molecule has 1 heterocycles. The molecular weight excluding hydrogens is 316 g/mol. The van der Waals surface area contributed by atoms with E-state index in [0.29, 0.717) is 13.1 Å². The summed E-state index contributed by atoms with van der Waals surface area (Å²) in [5.74, 6) is -0.360. The van der Waals surface area contributed by atoms with Crippen LogP contribution < -0.4 is 5.32 Å². The second-order valence-electron chi connectivity index (χ2n) is 6.28. The molecule has 1 fully saturated rings. The lowest BCUT2D eigenvalue weighted by Gasteiger charge is -2.39. The van der Waals surface area contributed by atoms with E-state index in [2.05, 4.69) is 5.32 Å². The zero-order valence-corrected chi connectivity index (χ0v) is 14.0. The molecule has 0 aromatic heterocycles. The average molecular weight is 338 g/mol. The van der Waals surface area contributed by atoms with E-state index < -0.39 is 12.1 Å². The molecule has 1 aliphatic heterocycles. The summed E-state index contributed by atoms with van der Waals surface area (Å²) in [6, 6.07) is 18.6. The van der Waals surface area contributed by atoms with Gasteiger partial charge in [-0.25, -0.2) is 4.79 Å². The number of carbonyl (C=O) groups excluding carboxylic acids is 1. The normalized spacial score (nSPS) is 20.1. The summed E-state index contributed by atoms with van der Waals surface area (Å²) in [7, 11) is 0. The fourth-order valence-corrected chi connectivity index (χ4v) is 3.47. The number of carbonyl (C=O) groups is 2. The lowest BCUT2D eigenvalue weighted by Crippen LogP contribution is -2.54. The molecule has 130 valence electrons. The number of hydrogen-bond acceptors (Lipinski definition) is 2. The van der Waals surface area contributed by atoms with Crippen molar-refractivity contribution in [3.05, 3.63) is 71.8 Å². The first-order valence-corrected chi connectivity index (χ1v) is 8.53. The van der Waals surface area contributed by atoms with E-state index in [1.54, 1.807) is 0 Å². The summed E-state index contributed by atoms with van der Waals surface area (Å²) in [4.78, 5) is 25.8. The van der Waals surface area contributed by atoms with E-state index in [4.69, 9.17) is 0 Å². The Morgan fingerprint density at radius 2 is 1.68 bits per heavy atom. The van der Waals surface area contributed by atoms with E-state index in [1.165, 1.54) is 4.90 Å². The molecule has 2 unspecified atom stereocenters. The van der Waals surface area contributed by atoms with Crippen molar-refractivity contribution in [2.24, 2.45) is 0 Å². The third-order valence-electron chi connectivity index (χ3n) is 4.68. The molecule has 1 aliphatic rings. The molecule has 0 aliphatic carbocycles. The summed E-state index contributed by atoms with van der Waals surface area (Å²) in [6.45, 7) is 0.785. The van der Waals surface area contributed by atoms with Gasteiger partial charge in [-0.1, -0.05) is 60.7 Å². The molecule has 0 saturated carbocycles. The minimum absolute atomic E-state index is 0.123. The molecule has 5 nitrogen and oxygen atoms in total. The van der Waals surface area contributed by atoms with Gasteiger partial charge in [0.1, 0.15) is 6.04 Å².